The molecular weight excluding hydrogens is 158 g/mol. The predicted molar refractivity (Wildman–Crippen MR) is 57.1 cm³/mol. The Morgan fingerprint density at radius 2 is 2.00 bits per heavy atom. The summed E-state index contributed by atoms with van der Waals surface area (Å²) in [7, 11) is 0. The molecule has 1 fully saturated rings. The van der Waals surface area contributed by atoms with E-state index in [9.17, 15) is 0 Å². The van der Waals surface area contributed by atoms with Crippen LogP contribution in [0.15, 0.2) is 30.3 Å². The fourth-order valence-electron chi connectivity index (χ4n) is 2.06. The van der Waals surface area contributed by atoms with E-state index in [-0.39, 0.29) is 0 Å². The Morgan fingerprint density at radius 3 is 2.69 bits per heavy atom. The molecule has 0 aliphatic carbocycles. The third kappa shape index (κ3) is 2.03. The first kappa shape index (κ1) is 8.61. The zero-order chi connectivity index (χ0) is 9.10. The first-order valence-electron chi connectivity index (χ1n) is 5.16. The molecule has 0 spiro atoms. The lowest BCUT2D eigenvalue weighted by molar-refractivity contribution is 0.447. The number of rotatable bonds is 1. The summed E-state index contributed by atoms with van der Waals surface area (Å²) in [6.07, 6.45) is 2.74. The van der Waals surface area contributed by atoms with Gasteiger partial charge in [0.25, 0.3) is 0 Å². The van der Waals surface area contributed by atoms with Gasteiger partial charge in [0.05, 0.1) is 0 Å². The molecule has 0 aromatic heterocycles. The van der Waals surface area contributed by atoms with Crippen LogP contribution in [-0.2, 0) is 0 Å². The van der Waals surface area contributed by atoms with Crippen LogP contribution >= 0.6 is 0 Å². The van der Waals surface area contributed by atoms with Gasteiger partial charge >= 0.3 is 0 Å². The average Bonchev–Trinajstić information content (AvgIpc) is 2.19. The molecule has 70 valence electrons. The number of para-hydroxylation sites is 1. The number of piperidine rings is 1. The minimum Gasteiger partial charge on any atom is -0.371 e. The van der Waals surface area contributed by atoms with Crippen molar-refractivity contribution in [2.75, 3.05) is 18.0 Å². The number of hydrogen-bond donors (Lipinski definition) is 0. The molecule has 1 aliphatic heterocycles. The van der Waals surface area contributed by atoms with Crippen LogP contribution in [0.1, 0.15) is 19.8 Å². The van der Waals surface area contributed by atoms with E-state index in [4.69, 9.17) is 0 Å². The molecule has 13 heavy (non-hydrogen) atoms. The molecule has 0 radical (unpaired) electrons. The Hall–Kier alpha value is -0.980. The van der Waals surface area contributed by atoms with Gasteiger partial charge in [-0.25, -0.2) is 0 Å². The molecule has 2 rings (SSSR count). The van der Waals surface area contributed by atoms with Crippen LogP contribution in [0.3, 0.4) is 0 Å². The maximum Gasteiger partial charge on any atom is 0.0366 e. The van der Waals surface area contributed by atoms with Gasteiger partial charge in [0.1, 0.15) is 0 Å². The van der Waals surface area contributed by atoms with E-state index in [1.165, 1.54) is 31.6 Å². The molecule has 1 atom stereocenters. The van der Waals surface area contributed by atoms with E-state index in [0.29, 0.717) is 0 Å². The van der Waals surface area contributed by atoms with Crippen molar-refractivity contribution in [2.24, 2.45) is 5.92 Å². The molecule has 1 heterocycles. The van der Waals surface area contributed by atoms with Gasteiger partial charge in [-0.1, -0.05) is 25.1 Å². The highest BCUT2D eigenvalue weighted by molar-refractivity contribution is 5.46. The summed E-state index contributed by atoms with van der Waals surface area (Å²) in [6.45, 7) is 4.80. The average molecular weight is 175 g/mol. The number of nitrogens with zero attached hydrogens (tertiary/aromatic N) is 1. The smallest absolute Gasteiger partial charge is 0.0366 e. The van der Waals surface area contributed by atoms with Gasteiger partial charge in [-0.3, -0.25) is 0 Å². The van der Waals surface area contributed by atoms with Crippen LogP contribution in [0, 0.1) is 5.92 Å². The number of benzene rings is 1. The minimum absolute atomic E-state index is 0.856. The second-order valence-corrected chi connectivity index (χ2v) is 4.03. The summed E-state index contributed by atoms with van der Waals surface area (Å²) in [5.41, 5.74) is 1.38. The maximum atomic E-state index is 2.49. The lowest BCUT2D eigenvalue weighted by atomic mass is 10.00. The summed E-state index contributed by atoms with van der Waals surface area (Å²) in [4.78, 5) is 2.49. The van der Waals surface area contributed by atoms with Crippen molar-refractivity contribution in [3.63, 3.8) is 0 Å². The van der Waals surface area contributed by atoms with Crippen molar-refractivity contribution in [1.82, 2.24) is 0 Å². The molecule has 0 bridgehead atoms. The highest BCUT2D eigenvalue weighted by Crippen LogP contribution is 2.21. The van der Waals surface area contributed by atoms with Crippen LogP contribution in [0.4, 0.5) is 5.69 Å². The summed E-state index contributed by atoms with van der Waals surface area (Å²) >= 11 is 0. The van der Waals surface area contributed by atoms with Gasteiger partial charge in [0.15, 0.2) is 0 Å². The normalized spacial score (nSPS) is 23.2. The van der Waals surface area contributed by atoms with E-state index >= 15 is 0 Å². The number of anilines is 1. The van der Waals surface area contributed by atoms with E-state index in [2.05, 4.69) is 42.2 Å². The van der Waals surface area contributed by atoms with Crippen LogP contribution < -0.4 is 4.90 Å². The zero-order valence-electron chi connectivity index (χ0n) is 8.24. The largest absolute Gasteiger partial charge is 0.371 e. The minimum atomic E-state index is 0.856. The van der Waals surface area contributed by atoms with Gasteiger partial charge in [0, 0.05) is 18.8 Å². The molecule has 0 unspecified atom stereocenters. The maximum absolute atomic E-state index is 2.49. The Kier molecular flexibility index (Phi) is 2.53. The monoisotopic (exact) mass is 175 g/mol. The van der Waals surface area contributed by atoms with Gasteiger partial charge < -0.3 is 4.90 Å². The molecule has 1 nitrogen and oxygen atoms in total. The lowest BCUT2D eigenvalue weighted by Crippen LogP contribution is -2.34. The van der Waals surface area contributed by atoms with E-state index in [0.717, 1.165) is 5.92 Å². The van der Waals surface area contributed by atoms with Crippen LogP contribution in [0.2, 0.25) is 0 Å². The Morgan fingerprint density at radius 1 is 1.23 bits per heavy atom. The molecule has 0 amide bonds. The second kappa shape index (κ2) is 3.82. The van der Waals surface area contributed by atoms with Crippen molar-refractivity contribution < 1.29 is 0 Å². The second-order valence-electron chi connectivity index (χ2n) is 4.03. The van der Waals surface area contributed by atoms with Gasteiger partial charge in [-0.05, 0) is 30.9 Å². The molecule has 1 aromatic carbocycles. The third-order valence-electron chi connectivity index (χ3n) is 2.78. The van der Waals surface area contributed by atoms with Crippen molar-refractivity contribution in [3.8, 4) is 0 Å². The fraction of sp³-hybridized carbons (Fsp3) is 0.500. The fourth-order valence-corrected chi connectivity index (χ4v) is 2.06. The molecule has 0 saturated carbocycles. The highest BCUT2D eigenvalue weighted by Gasteiger charge is 2.15. The zero-order valence-corrected chi connectivity index (χ0v) is 8.24. The summed E-state index contributed by atoms with van der Waals surface area (Å²) in [5, 5.41) is 0. The molecule has 1 saturated heterocycles. The predicted octanol–water partition coefficient (Wildman–Crippen LogP) is 2.92. The van der Waals surface area contributed by atoms with Crippen molar-refractivity contribution in [2.45, 2.75) is 19.8 Å². The summed E-state index contributed by atoms with van der Waals surface area (Å²) in [5.74, 6) is 0.856. The molecule has 0 N–H and O–H groups in total. The van der Waals surface area contributed by atoms with E-state index < -0.39 is 0 Å². The SMILES string of the molecule is C[C@@H]1CCCN(c2ccccc2)C1. The van der Waals surface area contributed by atoms with Gasteiger partial charge in [0.2, 0.25) is 0 Å². The number of hydrogen-bond acceptors (Lipinski definition) is 1. The van der Waals surface area contributed by atoms with E-state index in [1.807, 2.05) is 0 Å². The Balaban J connectivity index is 2.08. The topological polar surface area (TPSA) is 3.24 Å². The molecule has 1 aliphatic rings. The van der Waals surface area contributed by atoms with E-state index in [1.54, 1.807) is 0 Å². The first-order chi connectivity index (χ1) is 6.36. The lowest BCUT2D eigenvalue weighted by Gasteiger charge is -2.32. The van der Waals surface area contributed by atoms with Crippen LogP contribution in [0.5, 0.6) is 0 Å². The third-order valence-corrected chi connectivity index (χ3v) is 2.78. The molecule has 1 heteroatoms. The summed E-state index contributed by atoms with van der Waals surface area (Å²) in [6, 6.07) is 10.7. The van der Waals surface area contributed by atoms with Crippen LogP contribution in [-0.4, -0.2) is 13.1 Å². The van der Waals surface area contributed by atoms with Gasteiger partial charge in [-0.2, -0.15) is 0 Å². The standard InChI is InChI=1S/C12H17N/c1-11-6-5-9-13(10-11)12-7-3-2-4-8-12/h2-4,7-8,11H,5-6,9-10H2,1H3/t11-/m1/s1. The van der Waals surface area contributed by atoms with Crippen LogP contribution in [0.25, 0.3) is 0 Å². The first-order valence-corrected chi connectivity index (χ1v) is 5.16. The summed E-state index contributed by atoms with van der Waals surface area (Å²) < 4.78 is 0. The quantitative estimate of drug-likeness (QED) is 0.634. The Labute approximate surface area is 80.4 Å². The highest BCUT2D eigenvalue weighted by atomic mass is 15.1. The molecular formula is C12H17N. The van der Waals surface area contributed by atoms with Gasteiger partial charge in [-0.15, -0.1) is 0 Å². The molecule has 1 aromatic rings. The van der Waals surface area contributed by atoms with Crippen molar-refractivity contribution in [1.29, 1.82) is 0 Å². The van der Waals surface area contributed by atoms with Crippen molar-refractivity contribution >= 4 is 5.69 Å². The van der Waals surface area contributed by atoms with Crippen molar-refractivity contribution in [3.05, 3.63) is 30.3 Å². The Bertz CT molecular complexity index is 255.